The van der Waals surface area contributed by atoms with E-state index in [-0.39, 0.29) is 5.92 Å². The summed E-state index contributed by atoms with van der Waals surface area (Å²) >= 11 is 0. The predicted molar refractivity (Wildman–Crippen MR) is 203 cm³/mol. The molecule has 0 spiro atoms. The third-order valence-electron chi connectivity index (χ3n) is 10.3. The van der Waals surface area contributed by atoms with E-state index in [2.05, 4.69) is 165 Å². The molecule has 242 valence electrons. The topological polar surface area (TPSA) is 74.3 Å². The molecular weight excluding hydrogens is 627 g/mol. The fourth-order valence-electron chi connectivity index (χ4n) is 8.12. The van der Waals surface area contributed by atoms with Gasteiger partial charge in [-0.25, -0.2) is 0 Å². The van der Waals surface area contributed by atoms with Gasteiger partial charge in [0.05, 0.1) is 39.9 Å². The summed E-state index contributed by atoms with van der Waals surface area (Å²) in [6.45, 7) is 0. The molecule has 5 heterocycles. The zero-order valence-electron chi connectivity index (χ0n) is 27.6. The molecule has 0 aliphatic heterocycles. The zero-order chi connectivity index (χ0) is 33.8. The molecule has 0 amide bonds. The summed E-state index contributed by atoms with van der Waals surface area (Å²) in [5.41, 5.74) is 5.29. The van der Waals surface area contributed by atoms with Crippen LogP contribution in [0.3, 0.4) is 0 Å². The summed E-state index contributed by atoms with van der Waals surface area (Å²) in [6.07, 6.45) is 17.1. The highest BCUT2D eigenvalue weighted by molar-refractivity contribution is 6.09. The van der Waals surface area contributed by atoms with Crippen molar-refractivity contribution in [1.29, 1.82) is 0 Å². The first-order valence-electron chi connectivity index (χ1n) is 17.2. The second kappa shape index (κ2) is 11.7. The molecule has 51 heavy (non-hydrogen) atoms. The van der Waals surface area contributed by atoms with Crippen LogP contribution in [0.1, 0.15) is 23.4 Å². The molecule has 7 heteroatoms. The van der Waals surface area contributed by atoms with Crippen molar-refractivity contribution in [3.63, 3.8) is 0 Å². The fraction of sp³-hybridized carbons (Fsp3) is 0.0682. The van der Waals surface area contributed by atoms with Crippen LogP contribution in [0.4, 0.5) is 0 Å². The molecule has 7 nitrogen and oxygen atoms in total. The summed E-state index contributed by atoms with van der Waals surface area (Å²) in [5, 5.41) is 4.39. The van der Waals surface area contributed by atoms with E-state index in [9.17, 15) is 0 Å². The van der Waals surface area contributed by atoms with E-state index in [0.29, 0.717) is 17.7 Å². The highest BCUT2D eigenvalue weighted by Gasteiger charge is 2.46. The van der Waals surface area contributed by atoms with Gasteiger partial charge in [0.1, 0.15) is 0 Å². The molecule has 9 aromatic rings. The van der Waals surface area contributed by atoms with E-state index in [1.807, 2.05) is 24.8 Å². The second-order valence-electron chi connectivity index (χ2n) is 12.9. The molecule has 1 atom stereocenters. The van der Waals surface area contributed by atoms with E-state index < -0.39 is 5.41 Å². The van der Waals surface area contributed by atoms with E-state index in [1.54, 1.807) is 0 Å². The van der Waals surface area contributed by atoms with Gasteiger partial charge in [-0.05, 0) is 41.8 Å². The first-order valence-corrected chi connectivity index (χ1v) is 17.2. The molecule has 5 aromatic heterocycles. The Hall–Kier alpha value is -6.73. The number of fused-ring (bicyclic) bond motifs is 6. The van der Waals surface area contributed by atoms with Crippen LogP contribution in [0.25, 0.3) is 55.5 Å². The van der Waals surface area contributed by atoms with Crippen LogP contribution in [-0.2, 0) is 5.41 Å². The zero-order valence-corrected chi connectivity index (χ0v) is 27.6. The van der Waals surface area contributed by atoms with Gasteiger partial charge in [0.25, 0.3) is 0 Å². The van der Waals surface area contributed by atoms with E-state index in [1.165, 1.54) is 0 Å². The van der Waals surface area contributed by atoms with Crippen LogP contribution in [0.2, 0.25) is 0 Å². The molecule has 0 radical (unpaired) electrons. The van der Waals surface area contributed by atoms with Crippen molar-refractivity contribution in [2.45, 2.75) is 11.8 Å². The number of hydrogen-bond donors (Lipinski definition) is 0. The molecular formula is C44H31N7. The lowest BCUT2D eigenvalue weighted by Crippen LogP contribution is -2.40. The molecule has 1 unspecified atom stereocenters. The molecule has 0 fully saturated rings. The van der Waals surface area contributed by atoms with Gasteiger partial charge < -0.3 is 0 Å². The third kappa shape index (κ3) is 4.41. The highest BCUT2D eigenvalue weighted by Crippen LogP contribution is 2.47. The number of nitrogens with zero attached hydrogens (tertiary/aromatic N) is 7. The van der Waals surface area contributed by atoms with E-state index >= 15 is 0 Å². The van der Waals surface area contributed by atoms with E-state index in [4.69, 9.17) is 15.0 Å². The van der Waals surface area contributed by atoms with Gasteiger partial charge in [0.2, 0.25) is 11.9 Å². The fourth-order valence-corrected chi connectivity index (χ4v) is 8.12. The van der Waals surface area contributed by atoms with Gasteiger partial charge in [0, 0.05) is 39.9 Å². The lowest BCUT2D eigenvalue weighted by atomic mass is 9.63. The van der Waals surface area contributed by atoms with Gasteiger partial charge in [-0.2, -0.15) is 15.0 Å². The van der Waals surface area contributed by atoms with Crippen molar-refractivity contribution in [1.82, 2.24) is 34.1 Å². The monoisotopic (exact) mass is 657 g/mol. The highest BCUT2D eigenvalue weighted by atomic mass is 15.3. The smallest absolute Gasteiger partial charge is 0.239 e. The Morgan fingerprint density at radius 2 is 0.980 bits per heavy atom. The Bertz CT molecular complexity index is 2520. The third-order valence-corrected chi connectivity index (χ3v) is 10.3. The van der Waals surface area contributed by atoms with Gasteiger partial charge in [-0.3, -0.25) is 19.1 Å². The van der Waals surface area contributed by atoms with Crippen LogP contribution < -0.4 is 0 Å². The lowest BCUT2D eigenvalue weighted by Gasteiger charge is -2.40. The number of para-hydroxylation sites is 2. The molecule has 0 saturated heterocycles. The Balaban J connectivity index is 1.39. The number of rotatable bonds is 6. The molecule has 0 saturated carbocycles. The first-order chi connectivity index (χ1) is 25.3. The average molecular weight is 658 g/mol. The average Bonchev–Trinajstić information content (AvgIpc) is 3.73. The maximum absolute atomic E-state index is 5.57. The van der Waals surface area contributed by atoms with Crippen LogP contribution in [0.15, 0.2) is 170 Å². The Kier molecular flexibility index (Phi) is 6.70. The minimum atomic E-state index is -0.774. The van der Waals surface area contributed by atoms with Crippen LogP contribution >= 0.6 is 0 Å². The molecule has 0 bridgehead atoms. The molecule has 1 aliphatic carbocycles. The first kappa shape index (κ1) is 29.2. The van der Waals surface area contributed by atoms with Crippen LogP contribution in [0.5, 0.6) is 0 Å². The maximum Gasteiger partial charge on any atom is 0.239 e. The van der Waals surface area contributed by atoms with E-state index in [0.717, 1.165) is 61.2 Å². The van der Waals surface area contributed by atoms with Crippen LogP contribution in [-0.4, -0.2) is 34.1 Å². The standard InChI is InChI=1S/C44H31N7/c1-4-14-30(15-5-1)44(31-16-6-2-7-17-31,32-18-8-3-9-19-32)41-47-42(50-37-22-12-10-20-33(37)35-24-26-45-28-39(35)50)49-43(48-41)51-38-23-13-11-21-34(38)36-25-27-46-29-40(36)51/h1-18,20-29,32H,19H2. The van der Waals surface area contributed by atoms with Gasteiger partial charge in [-0.15, -0.1) is 0 Å². The summed E-state index contributed by atoms with van der Waals surface area (Å²) in [6, 6.07) is 42.3. The second-order valence-corrected chi connectivity index (χ2v) is 12.9. The summed E-state index contributed by atoms with van der Waals surface area (Å²) in [7, 11) is 0. The molecule has 0 N–H and O–H groups in total. The lowest BCUT2D eigenvalue weighted by molar-refractivity contribution is 0.422. The number of hydrogen-bond acceptors (Lipinski definition) is 5. The number of benzene rings is 4. The minimum absolute atomic E-state index is 0.00929. The van der Waals surface area contributed by atoms with Gasteiger partial charge in [-0.1, -0.05) is 121 Å². The Morgan fingerprint density at radius 3 is 1.49 bits per heavy atom. The maximum atomic E-state index is 5.57. The largest absolute Gasteiger partial charge is 0.276 e. The van der Waals surface area contributed by atoms with Crippen molar-refractivity contribution in [2.24, 2.45) is 5.92 Å². The molecule has 4 aromatic carbocycles. The number of allylic oxidation sites excluding steroid dienone is 4. The minimum Gasteiger partial charge on any atom is -0.276 e. The number of pyridine rings is 2. The van der Waals surface area contributed by atoms with Crippen molar-refractivity contribution in [3.8, 4) is 11.9 Å². The quantitative estimate of drug-likeness (QED) is 0.178. The van der Waals surface area contributed by atoms with Gasteiger partial charge >= 0.3 is 0 Å². The summed E-state index contributed by atoms with van der Waals surface area (Å²) < 4.78 is 4.27. The van der Waals surface area contributed by atoms with Crippen LogP contribution in [0, 0.1) is 5.92 Å². The van der Waals surface area contributed by atoms with Crippen molar-refractivity contribution >= 4 is 43.6 Å². The van der Waals surface area contributed by atoms with Crippen molar-refractivity contribution < 1.29 is 0 Å². The van der Waals surface area contributed by atoms with Gasteiger partial charge in [0.15, 0.2) is 5.82 Å². The number of aromatic nitrogens is 7. The Labute approximate surface area is 293 Å². The SMILES string of the molecule is C1=CCC(C(c2ccccc2)(c2ccccc2)c2nc(-n3c4ccccc4c4ccncc43)nc(-n3c4ccccc4c4ccncc43)n2)C=C1. The summed E-state index contributed by atoms with van der Waals surface area (Å²) in [5.74, 6) is 1.72. The molecule has 1 aliphatic rings. The van der Waals surface area contributed by atoms with Crippen molar-refractivity contribution in [2.75, 3.05) is 0 Å². The Morgan fingerprint density at radius 1 is 0.490 bits per heavy atom. The predicted octanol–water partition coefficient (Wildman–Crippen LogP) is 9.32. The van der Waals surface area contributed by atoms with Crippen molar-refractivity contribution in [3.05, 3.63) is 187 Å². The summed E-state index contributed by atoms with van der Waals surface area (Å²) in [4.78, 5) is 25.7. The normalized spacial score (nSPS) is 14.6. The molecule has 10 rings (SSSR count).